The second kappa shape index (κ2) is 8.36. The maximum Gasteiger partial charge on any atom is 0.254 e. The van der Waals surface area contributed by atoms with Crippen LogP contribution in [0.5, 0.6) is 0 Å². The average molecular weight is 428 g/mol. The third-order valence-corrected chi connectivity index (χ3v) is 5.88. The van der Waals surface area contributed by atoms with Crippen molar-refractivity contribution >= 4 is 28.6 Å². The quantitative estimate of drug-likeness (QED) is 0.479. The maximum atomic E-state index is 12.7. The van der Waals surface area contributed by atoms with Crippen molar-refractivity contribution in [3.8, 4) is 11.1 Å². The van der Waals surface area contributed by atoms with Crippen LogP contribution < -0.4 is 11.1 Å². The molecule has 0 spiro atoms. The first-order valence-electron chi connectivity index (χ1n) is 10.7. The number of pyridine rings is 1. The van der Waals surface area contributed by atoms with Crippen molar-refractivity contribution in [1.82, 2.24) is 14.3 Å². The molecular formula is C25H25N5O2. The van der Waals surface area contributed by atoms with Gasteiger partial charge in [-0.25, -0.2) is 4.98 Å². The van der Waals surface area contributed by atoms with Crippen LogP contribution in [0.3, 0.4) is 0 Å². The Morgan fingerprint density at radius 3 is 2.69 bits per heavy atom. The number of ether oxygens (including phenoxy) is 1. The van der Waals surface area contributed by atoms with E-state index in [1.807, 2.05) is 58.8 Å². The topological polar surface area (TPSA) is 84.9 Å². The Kier molecular flexibility index (Phi) is 5.25. The molecule has 0 radical (unpaired) electrons. The van der Waals surface area contributed by atoms with Crippen LogP contribution >= 0.6 is 0 Å². The number of nitrogens with one attached hydrogen (secondary N) is 1. The summed E-state index contributed by atoms with van der Waals surface area (Å²) in [5.41, 5.74) is 13.3. The second-order valence-corrected chi connectivity index (χ2v) is 7.93. The number of imidazole rings is 1. The van der Waals surface area contributed by atoms with Crippen molar-refractivity contribution in [2.45, 2.75) is 6.92 Å². The lowest BCUT2D eigenvalue weighted by atomic mass is 10.0. The molecule has 32 heavy (non-hydrogen) atoms. The number of anilines is 3. The average Bonchev–Trinajstić information content (AvgIpc) is 3.31. The molecule has 3 heterocycles. The molecule has 1 aliphatic rings. The summed E-state index contributed by atoms with van der Waals surface area (Å²) in [4.78, 5) is 19.0. The van der Waals surface area contributed by atoms with E-state index in [4.69, 9.17) is 10.5 Å². The molecule has 0 saturated carbocycles. The first kappa shape index (κ1) is 20.1. The molecule has 0 aliphatic carbocycles. The number of hydrogen-bond donors (Lipinski definition) is 2. The number of nitrogens with zero attached hydrogens (tertiary/aromatic N) is 3. The lowest BCUT2D eigenvalue weighted by molar-refractivity contribution is 0.0303. The smallest absolute Gasteiger partial charge is 0.254 e. The highest BCUT2D eigenvalue weighted by Crippen LogP contribution is 2.31. The van der Waals surface area contributed by atoms with Crippen LogP contribution in [0.4, 0.5) is 17.1 Å². The number of morpholine rings is 1. The number of benzene rings is 2. The fourth-order valence-electron chi connectivity index (χ4n) is 4.04. The van der Waals surface area contributed by atoms with Gasteiger partial charge in [0.25, 0.3) is 5.91 Å². The van der Waals surface area contributed by atoms with Gasteiger partial charge in [0.15, 0.2) is 5.65 Å². The lowest BCUT2D eigenvalue weighted by Crippen LogP contribution is -2.40. The van der Waals surface area contributed by atoms with Gasteiger partial charge < -0.3 is 25.1 Å². The van der Waals surface area contributed by atoms with Crippen molar-refractivity contribution in [3.05, 3.63) is 78.2 Å². The van der Waals surface area contributed by atoms with E-state index < -0.39 is 0 Å². The number of carbonyl (C=O) groups excluding carboxylic acids is 1. The molecule has 2 aromatic heterocycles. The van der Waals surface area contributed by atoms with Gasteiger partial charge in [-0.05, 0) is 54.4 Å². The van der Waals surface area contributed by atoms with Gasteiger partial charge in [-0.1, -0.05) is 12.1 Å². The molecule has 5 rings (SSSR count). The lowest BCUT2D eigenvalue weighted by Gasteiger charge is -2.26. The second-order valence-electron chi connectivity index (χ2n) is 7.93. The maximum absolute atomic E-state index is 12.7. The Bertz CT molecular complexity index is 1270. The van der Waals surface area contributed by atoms with Crippen molar-refractivity contribution in [2.24, 2.45) is 0 Å². The highest BCUT2D eigenvalue weighted by molar-refractivity contribution is 5.95. The van der Waals surface area contributed by atoms with E-state index in [1.165, 1.54) is 0 Å². The van der Waals surface area contributed by atoms with E-state index >= 15 is 0 Å². The van der Waals surface area contributed by atoms with Gasteiger partial charge in [-0.15, -0.1) is 0 Å². The first-order valence-corrected chi connectivity index (χ1v) is 10.7. The molecule has 0 bridgehead atoms. The van der Waals surface area contributed by atoms with Crippen molar-refractivity contribution in [1.29, 1.82) is 0 Å². The molecule has 4 aromatic rings. The Labute approximate surface area is 186 Å². The van der Waals surface area contributed by atoms with Crippen LogP contribution in [0.2, 0.25) is 0 Å². The summed E-state index contributed by atoms with van der Waals surface area (Å²) in [6.07, 6.45) is 5.76. The summed E-state index contributed by atoms with van der Waals surface area (Å²) >= 11 is 0. The molecule has 1 fully saturated rings. The zero-order valence-electron chi connectivity index (χ0n) is 17.9. The fraction of sp³-hybridized carbons (Fsp3) is 0.200. The SMILES string of the molecule is Cc1c(N)cccc1-c1cc(Nc2ccc(C(=O)N3CCOCC3)cc2)c2nccn2c1. The normalized spacial score (nSPS) is 14.0. The van der Waals surface area contributed by atoms with Crippen LogP contribution in [0.1, 0.15) is 15.9 Å². The van der Waals surface area contributed by atoms with Gasteiger partial charge in [0.1, 0.15) is 0 Å². The molecule has 1 amide bonds. The van der Waals surface area contributed by atoms with Crippen LogP contribution in [0, 0.1) is 6.92 Å². The monoisotopic (exact) mass is 427 g/mol. The Morgan fingerprint density at radius 2 is 1.91 bits per heavy atom. The van der Waals surface area contributed by atoms with Gasteiger partial charge in [0.05, 0.1) is 18.9 Å². The minimum atomic E-state index is 0.0367. The first-order chi connectivity index (χ1) is 15.6. The predicted octanol–water partition coefficient (Wildman–Crippen LogP) is 4.11. The molecule has 2 aromatic carbocycles. The molecule has 1 saturated heterocycles. The van der Waals surface area contributed by atoms with E-state index in [1.54, 1.807) is 6.20 Å². The third kappa shape index (κ3) is 3.78. The summed E-state index contributed by atoms with van der Waals surface area (Å²) in [6.45, 7) is 4.48. The van der Waals surface area contributed by atoms with Crippen LogP contribution in [0.15, 0.2) is 67.1 Å². The molecule has 0 atom stereocenters. The molecule has 162 valence electrons. The summed E-state index contributed by atoms with van der Waals surface area (Å²) in [5.74, 6) is 0.0367. The number of carbonyl (C=O) groups is 1. The number of aromatic nitrogens is 2. The minimum Gasteiger partial charge on any atom is -0.398 e. The standard InChI is InChI=1S/C25H25N5O2/c1-17-21(3-2-4-22(17)26)19-15-23(24-27-9-10-30(24)16-19)28-20-7-5-18(6-8-20)25(31)29-11-13-32-14-12-29/h2-10,15-16,28H,11-14,26H2,1H3. The number of hydrogen-bond acceptors (Lipinski definition) is 5. The minimum absolute atomic E-state index is 0.0367. The van der Waals surface area contributed by atoms with Gasteiger partial charge in [0, 0.05) is 54.2 Å². The largest absolute Gasteiger partial charge is 0.398 e. The molecule has 3 N–H and O–H groups in total. The van der Waals surface area contributed by atoms with E-state index in [9.17, 15) is 4.79 Å². The van der Waals surface area contributed by atoms with Crippen LogP contribution in [-0.2, 0) is 4.74 Å². The molecule has 7 heteroatoms. The number of amides is 1. The number of nitrogen functional groups attached to an aromatic ring is 1. The Morgan fingerprint density at radius 1 is 1.12 bits per heavy atom. The summed E-state index contributed by atoms with van der Waals surface area (Å²) in [5, 5.41) is 3.46. The highest BCUT2D eigenvalue weighted by Gasteiger charge is 2.18. The van der Waals surface area contributed by atoms with Gasteiger partial charge in [-0.2, -0.15) is 0 Å². The third-order valence-electron chi connectivity index (χ3n) is 5.88. The Hall–Kier alpha value is -3.84. The van der Waals surface area contributed by atoms with E-state index in [0.29, 0.717) is 31.9 Å². The van der Waals surface area contributed by atoms with Crippen molar-refractivity contribution in [2.75, 3.05) is 37.4 Å². The summed E-state index contributed by atoms with van der Waals surface area (Å²) in [6, 6.07) is 15.6. The molecule has 0 unspecified atom stereocenters. The predicted molar refractivity (Wildman–Crippen MR) is 126 cm³/mol. The van der Waals surface area contributed by atoms with E-state index in [0.717, 1.165) is 39.4 Å². The van der Waals surface area contributed by atoms with Gasteiger partial charge in [-0.3, -0.25) is 4.79 Å². The highest BCUT2D eigenvalue weighted by atomic mass is 16.5. The Balaban J connectivity index is 1.44. The molecular weight excluding hydrogens is 402 g/mol. The van der Waals surface area contributed by atoms with E-state index in [-0.39, 0.29) is 5.91 Å². The van der Waals surface area contributed by atoms with Crippen molar-refractivity contribution in [3.63, 3.8) is 0 Å². The molecule has 1 aliphatic heterocycles. The van der Waals surface area contributed by atoms with Gasteiger partial charge in [0.2, 0.25) is 0 Å². The van der Waals surface area contributed by atoms with Crippen molar-refractivity contribution < 1.29 is 9.53 Å². The summed E-state index contributed by atoms with van der Waals surface area (Å²) in [7, 11) is 0. The van der Waals surface area contributed by atoms with E-state index in [2.05, 4.69) is 28.6 Å². The summed E-state index contributed by atoms with van der Waals surface area (Å²) < 4.78 is 7.33. The number of nitrogens with two attached hydrogens (primary N) is 1. The van der Waals surface area contributed by atoms with Crippen LogP contribution in [0.25, 0.3) is 16.8 Å². The molecule has 7 nitrogen and oxygen atoms in total. The van der Waals surface area contributed by atoms with Crippen LogP contribution in [-0.4, -0.2) is 46.5 Å². The zero-order valence-corrected chi connectivity index (χ0v) is 17.9. The number of fused-ring (bicyclic) bond motifs is 1. The van der Waals surface area contributed by atoms with Gasteiger partial charge >= 0.3 is 0 Å². The number of rotatable bonds is 4. The fourth-order valence-corrected chi connectivity index (χ4v) is 4.04. The zero-order chi connectivity index (χ0) is 22.1.